The Balaban J connectivity index is 1.65. The van der Waals surface area contributed by atoms with Crippen molar-refractivity contribution in [1.29, 1.82) is 5.26 Å². The van der Waals surface area contributed by atoms with Gasteiger partial charge in [-0.25, -0.2) is 0 Å². The second-order valence-electron chi connectivity index (χ2n) is 9.42. The van der Waals surface area contributed by atoms with Crippen molar-refractivity contribution < 1.29 is 14.7 Å². The Morgan fingerprint density at radius 2 is 1.76 bits per heavy atom. The third-order valence-electron chi connectivity index (χ3n) is 6.55. The molecule has 0 atom stereocenters. The molecule has 0 unspecified atom stereocenters. The van der Waals surface area contributed by atoms with Gasteiger partial charge < -0.3 is 10.4 Å². The van der Waals surface area contributed by atoms with Gasteiger partial charge in [-0.3, -0.25) is 14.3 Å². The Hall–Kier alpha value is -5.19. The van der Waals surface area contributed by atoms with Crippen LogP contribution in [0.2, 0.25) is 0 Å². The van der Waals surface area contributed by atoms with Crippen molar-refractivity contribution in [2.45, 2.75) is 19.9 Å². The van der Waals surface area contributed by atoms with Gasteiger partial charge in [0.25, 0.3) is 5.91 Å². The summed E-state index contributed by atoms with van der Waals surface area (Å²) in [6, 6.07) is 26.9. The second-order valence-corrected chi connectivity index (χ2v) is 9.85. The number of allylic oxidation sites excluding steroid dienone is 5. The maximum absolute atomic E-state index is 12.4. The molecule has 0 radical (unpaired) electrons. The summed E-state index contributed by atoms with van der Waals surface area (Å²) in [5.41, 5.74) is 7.37. The van der Waals surface area contributed by atoms with Crippen LogP contribution in [-0.2, 0) is 11.3 Å². The normalized spacial score (nSPS) is 11.5. The summed E-state index contributed by atoms with van der Waals surface area (Å²) in [6.07, 6.45) is 5.19. The van der Waals surface area contributed by atoms with Crippen LogP contribution < -0.4 is 5.32 Å². The first kappa shape index (κ1) is 29.8. The molecule has 4 rings (SSSR count). The van der Waals surface area contributed by atoms with Gasteiger partial charge in [0.2, 0.25) is 0 Å². The fraction of sp³-hybridized carbons (Fsp3) is 0.118. The first-order valence-corrected chi connectivity index (χ1v) is 13.6. The lowest BCUT2D eigenvalue weighted by atomic mass is 10.0. The molecular weight excluding hydrogens is 548 g/mol. The number of hydrogen-bond acceptors (Lipinski definition) is 4. The lowest BCUT2D eigenvalue weighted by molar-refractivity contribution is -0.136. The van der Waals surface area contributed by atoms with E-state index in [4.69, 9.17) is 21.8 Å². The number of nitrogens with one attached hydrogen (secondary N) is 1. The van der Waals surface area contributed by atoms with E-state index in [-0.39, 0.29) is 18.9 Å². The van der Waals surface area contributed by atoms with Gasteiger partial charge in [0, 0.05) is 17.1 Å². The summed E-state index contributed by atoms with van der Waals surface area (Å²) in [5, 5.41) is 26.1. The zero-order chi connectivity index (χ0) is 30.1. The molecule has 8 heteroatoms. The van der Waals surface area contributed by atoms with Crippen molar-refractivity contribution in [3.63, 3.8) is 0 Å². The minimum atomic E-state index is -0.966. The molecule has 1 amide bonds. The number of rotatable bonds is 11. The molecule has 42 heavy (non-hydrogen) atoms. The van der Waals surface area contributed by atoms with E-state index in [2.05, 4.69) is 18.0 Å². The van der Waals surface area contributed by atoms with Crippen molar-refractivity contribution in [2.75, 3.05) is 6.54 Å². The lowest BCUT2D eigenvalue weighted by Gasteiger charge is -2.10. The molecule has 1 aromatic heterocycles. The molecular formula is C34H29ClN4O3. The summed E-state index contributed by atoms with van der Waals surface area (Å²) in [6.45, 7) is 6.16. The van der Waals surface area contributed by atoms with Gasteiger partial charge in [-0.15, -0.1) is 0 Å². The van der Waals surface area contributed by atoms with Crippen LogP contribution in [0, 0.1) is 11.3 Å². The number of hydrogen-bond donors (Lipinski definition) is 2. The Kier molecular flexibility index (Phi) is 9.88. The SMILES string of the molecule is C=C/C(Cl)=C\C(=C/C)c1cc(-c2ccc(-c3cccc(C#N)c3)cc2)n(Cc2ccc(C(=O)NCCC(=O)O)cc2)n1. The van der Waals surface area contributed by atoms with Gasteiger partial charge in [-0.1, -0.05) is 78.9 Å². The van der Waals surface area contributed by atoms with Gasteiger partial charge in [0.05, 0.1) is 36.0 Å². The first-order chi connectivity index (χ1) is 20.3. The maximum Gasteiger partial charge on any atom is 0.305 e. The fourth-order valence-electron chi connectivity index (χ4n) is 4.34. The van der Waals surface area contributed by atoms with Gasteiger partial charge in [-0.05, 0) is 71.2 Å². The first-order valence-electron chi connectivity index (χ1n) is 13.3. The Morgan fingerprint density at radius 3 is 2.40 bits per heavy atom. The highest BCUT2D eigenvalue weighted by atomic mass is 35.5. The van der Waals surface area contributed by atoms with Crippen LogP contribution in [0.3, 0.4) is 0 Å². The molecule has 3 aromatic carbocycles. The van der Waals surface area contributed by atoms with Gasteiger partial charge in [0.15, 0.2) is 0 Å². The zero-order valence-corrected chi connectivity index (χ0v) is 23.8. The Morgan fingerprint density at radius 1 is 1.05 bits per heavy atom. The van der Waals surface area contributed by atoms with Crippen LogP contribution in [0.4, 0.5) is 0 Å². The van der Waals surface area contributed by atoms with Crippen LogP contribution in [0.25, 0.3) is 28.0 Å². The smallest absolute Gasteiger partial charge is 0.305 e. The van der Waals surface area contributed by atoms with Gasteiger partial charge in [-0.2, -0.15) is 10.4 Å². The van der Waals surface area contributed by atoms with E-state index >= 15 is 0 Å². The number of halogens is 1. The molecule has 210 valence electrons. The highest BCUT2D eigenvalue weighted by Crippen LogP contribution is 2.29. The molecule has 0 spiro atoms. The summed E-state index contributed by atoms with van der Waals surface area (Å²) in [5.74, 6) is -1.29. The molecule has 4 aromatic rings. The fourth-order valence-corrected chi connectivity index (χ4v) is 4.46. The Bertz CT molecular complexity index is 1710. The highest BCUT2D eigenvalue weighted by Gasteiger charge is 2.14. The minimum Gasteiger partial charge on any atom is -0.481 e. The van der Waals surface area contributed by atoms with E-state index in [9.17, 15) is 14.9 Å². The number of carbonyl (C=O) groups excluding carboxylic acids is 1. The van der Waals surface area contributed by atoms with Crippen molar-refractivity contribution in [3.8, 4) is 28.5 Å². The number of aromatic nitrogens is 2. The highest BCUT2D eigenvalue weighted by molar-refractivity contribution is 6.31. The average molecular weight is 577 g/mol. The summed E-state index contributed by atoms with van der Waals surface area (Å²) in [7, 11) is 0. The molecule has 0 aliphatic rings. The summed E-state index contributed by atoms with van der Waals surface area (Å²) in [4.78, 5) is 23.1. The van der Waals surface area contributed by atoms with Crippen LogP contribution in [0.15, 0.2) is 109 Å². The van der Waals surface area contributed by atoms with Crippen molar-refractivity contribution in [2.24, 2.45) is 0 Å². The quantitative estimate of drug-likeness (QED) is 0.186. The molecule has 1 heterocycles. The van der Waals surface area contributed by atoms with E-state index in [1.165, 1.54) is 0 Å². The van der Waals surface area contributed by atoms with E-state index < -0.39 is 5.97 Å². The second kappa shape index (κ2) is 13.9. The number of nitrogens with zero attached hydrogens (tertiary/aromatic N) is 3. The van der Waals surface area contributed by atoms with E-state index in [1.807, 2.05) is 84.4 Å². The van der Waals surface area contributed by atoms with Gasteiger partial charge in [0.1, 0.15) is 0 Å². The molecule has 7 nitrogen and oxygen atoms in total. The number of carbonyl (C=O) groups is 2. The Labute approximate surface area is 249 Å². The largest absolute Gasteiger partial charge is 0.481 e. The third-order valence-corrected chi connectivity index (χ3v) is 6.82. The topological polar surface area (TPSA) is 108 Å². The molecule has 0 aliphatic heterocycles. The predicted octanol–water partition coefficient (Wildman–Crippen LogP) is 7.05. The molecule has 0 bridgehead atoms. The van der Waals surface area contributed by atoms with E-state index in [0.717, 1.165) is 39.2 Å². The van der Waals surface area contributed by atoms with Crippen LogP contribution in [0.5, 0.6) is 0 Å². The molecule has 0 fully saturated rings. The maximum atomic E-state index is 12.4. The summed E-state index contributed by atoms with van der Waals surface area (Å²) < 4.78 is 1.90. The number of nitriles is 1. The standard InChI is InChI=1S/C34H29ClN4O3/c1-3-25(19-30(35)4-2)31-20-32(27-14-12-26(13-15-27)29-7-5-6-24(18-29)21-36)39(38-31)22-23-8-10-28(11-9-23)34(42)37-17-16-33(40)41/h3-15,18-20H,2,16-17,22H2,1H3,(H,37,42)(H,40,41)/b25-3+,30-19+. The number of benzene rings is 3. The van der Waals surface area contributed by atoms with Crippen molar-refractivity contribution in [3.05, 3.63) is 131 Å². The number of carboxylic acid groups (broad SMARTS) is 1. The van der Waals surface area contributed by atoms with Crippen LogP contribution in [-0.4, -0.2) is 33.3 Å². The zero-order valence-electron chi connectivity index (χ0n) is 23.0. The van der Waals surface area contributed by atoms with Crippen molar-refractivity contribution >= 4 is 29.1 Å². The van der Waals surface area contributed by atoms with E-state index in [1.54, 1.807) is 24.3 Å². The van der Waals surface area contributed by atoms with Crippen LogP contribution >= 0.6 is 11.6 Å². The molecule has 0 saturated carbocycles. The monoisotopic (exact) mass is 576 g/mol. The van der Waals surface area contributed by atoms with Crippen LogP contribution in [0.1, 0.15) is 40.5 Å². The predicted molar refractivity (Wildman–Crippen MR) is 166 cm³/mol. The number of carboxylic acids is 1. The van der Waals surface area contributed by atoms with Gasteiger partial charge >= 0.3 is 5.97 Å². The average Bonchev–Trinajstić information content (AvgIpc) is 3.43. The lowest BCUT2D eigenvalue weighted by Crippen LogP contribution is -2.25. The molecule has 0 aliphatic carbocycles. The number of aliphatic carboxylic acids is 1. The summed E-state index contributed by atoms with van der Waals surface area (Å²) >= 11 is 6.25. The molecule has 2 N–H and O–H groups in total. The third kappa shape index (κ3) is 7.51. The van der Waals surface area contributed by atoms with E-state index in [0.29, 0.717) is 22.7 Å². The molecule has 0 saturated heterocycles. The minimum absolute atomic E-state index is 0.0650. The number of amides is 1. The van der Waals surface area contributed by atoms with Crippen molar-refractivity contribution in [1.82, 2.24) is 15.1 Å².